The topological polar surface area (TPSA) is 20.2 Å². The lowest BCUT2D eigenvalue weighted by molar-refractivity contribution is 0.219. The summed E-state index contributed by atoms with van der Waals surface area (Å²) in [5, 5.41) is 13.7. The van der Waals surface area contributed by atoms with Crippen molar-refractivity contribution in [1.29, 1.82) is 0 Å². The third-order valence-electron chi connectivity index (χ3n) is 2.52. The van der Waals surface area contributed by atoms with Gasteiger partial charge in [-0.25, -0.2) is 8.78 Å². The van der Waals surface area contributed by atoms with Crippen LogP contribution in [0.2, 0.25) is 5.02 Å². The summed E-state index contributed by atoms with van der Waals surface area (Å²) in [6, 6.07) is 1.80. The molecule has 1 N–H and O–H groups in total. The van der Waals surface area contributed by atoms with Gasteiger partial charge in [0, 0.05) is 10.6 Å². The Kier molecular flexibility index (Phi) is 3.47. The second-order valence-electron chi connectivity index (χ2n) is 3.70. The van der Waals surface area contributed by atoms with E-state index in [0.29, 0.717) is 5.56 Å². The zero-order valence-corrected chi connectivity index (χ0v) is 10.4. The molecule has 1 unspecified atom stereocenters. The summed E-state index contributed by atoms with van der Waals surface area (Å²) < 4.78 is 26.0. The zero-order valence-electron chi connectivity index (χ0n) is 8.88. The van der Waals surface area contributed by atoms with Gasteiger partial charge in [-0.1, -0.05) is 11.6 Å². The predicted octanol–water partition coefficient (Wildman–Crippen LogP) is 4.07. The second-order valence-corrected chi connectivity index (χ2v) is 4.85. The van der Waals surface area contributed by atoms with Crippen LogP contribution in [0.1, 0.15) is 22.8 Å². The Morgan fingerprint density at radius 3 is 2.41 bits per heavy atom. The van der Waals surface area contributed by atoms with Crippen LogP contribution >= 0.6 is 22.9 Å². The van der Waals surface area contributed by atoms with Crippen molar-refractivity contribution in [3.63, 3.8) is 0 Å². The van der Waals surface area contributed by atoms with Crippen LogP contribution in [0.25, 0.3) is 0 Å². The van der Waals surface area contributed by atoms with Crippen molar-refractivity contribution in [1.82, 2.24) is 0 Å². The third kappa shape index (κ3) is 2.34. The molecule has 1 atom stereocenters. The number of benzene rings is 1. The molecule has 0 saturated carbocycles. The van der Waals surface area contributed by atoms with Crippen LogP contribution in [0.5, 0.6) is 0 Å². The van der Waals surface area contributed by atoms with Gasteiger partial charge in [-0.15, -0.1) is 0 Å². The van der Waals surface area contributed by atoms with Gasteiger partial charge in [0.15, 0.2) is 11.6 Å². The van der Waals surface area contributed by atoms with Gasteiger partial charge in [0.2, 0.25) is 0 Å². The molecule has 1 aromatic carbocycles. The van der Waals surface area contributed by atoms with Gasteiger partial charge in [-0.3, -0.25) is 0 Å². The van der Waals surface area contributed by atoms with Crippen molar-refractivity contribution >= 4 is 22.9 Å². The Bertz CT molecular complexity index is 553. The first-order chi connectivity index (χ1) is 8.00. The molecule has 5 heteroatoms. The van der Waals surface area contributed by atoms with Crippen molar-refractivity contribution in [2.75, 3.05) is 0 Å². The van der Waals surface area contributed by atoms with Gasteiger partial charge < -0.3 is 5.11 Å². The van der Waals surface area contributed by atoms with Gasteiger partial charge in [-0.05, 0) is 40.9 Å². The van der Waals surface area contributed by atoms with E-state index in [1.807, 2.05) is 12.3 Å². The van der Waals surface area contributed by atoms with Gasteiger partial charge in [-0.2, -0.15) is 11.3 Å². The maximum Gasteiger partial charge on any atom is 0.160 e. The lowest BCUT2D eigenvalue weighted by Crippen LogP contribution is -2.02. The number of aliphatic hydroxyl groups is 1. The monoisotopic (exact) mass is 274 g/mol. The number of hydrogen-bond acceptors (Lipinski definition) is 2. The molecule has 2 rings (SSSR count). The molecule has 1 nitrogen and oxygen atoms in total. The largest absolute Gasteiger partial charge is 0.384 e. The van der Waals surface area contributed by atoms with Gasteiger partial charge in [0.25, 0.3) is 0 Å². The number of aryl methyl sites for hydroxylation is 1. The highest BCUT2D eigenvalue weighted by molar-refractivity contribution is 7.08. The summed E-state index contributed by atoms with van der Waals surface area (Å²) in [7, 11) is 0. The minimum Gasteiger partial charge on any atom is -0.384 e. The van der Waals surface area contributed by atoms with Crippen LogP contribution < -0.4 is 0 Å². The van der Waals surface area contributed by atoms with Gasteiger partial charge in [0.05, 0.1) is 0 Å². The molecule has 0 aliphatic carbocycles. The molecule has 0 amide bonds. The Morgan fingerprint density at radius 2 is 1.82 bits per heavy atom. The molecular formula is C12H9ClF2OS. The maximum atomic E-state index is 13.1. The fourth-order valence-electron chi connectivity index (χ4n) is 1.57. The first-order valence-electron chi connectivity index (χ1n) is 4.86. The van der Waals surface area contributed by atoms with E-state index in [9.17, 15) is 13.9 Å². The minimum absolute atomic E-state index is 0.0157. The van der Waals surface area contributed by atoms with Crippen molar-refractivity contribution < 1.29 is 13.9 Å². The normalized spacial score (nSPS) is 12.8. The molecule has 2 aromatic rings. The van der Waals surface area contributed by atoms with Crippen molar-refractivity contribution in [2.45, 2.75) is 13.0 Å². The average molecular weight is 275 g/mol. The first kappa shape index (κ1) is 12.5. The van der Waals surface area contributed by atoms with Gasteiger partial charge >= 0.3 is 0 Å². The Hall–Kier alpha value is -0.970. The molecule has 0 fully saturated rings. The quantitative estimate of drug-likeness (QED) is 0.819. The van der Waals surface area contributed by atoms with E-state index in [-0.39, 0.29) is 10.6 Å². The lowest BCUT2D eigenvalue weighted by atomic mass is 10.0. The number of thiophene rings is 1. The highest BCUT2D eigenvalue weighted by Gasteiger charge is 2.19. The lowest BCUT2D eigenvalue weighted by Gasteiger charge is -2.13. The zero-order chi connectivity index (χ0) is 12.6. The molecule has 0 aliphatic heterocycles. The molecule has 17 heavy (non-hydrogen) atoms. The SMILES string of the molecule is Cc1cscc1C(O)c1cc(F)c(F)cc1Cl. The summed E-state index contributed by atoms with van der Waals surface area (Å²) in [5.74, 6) is -2.04. The average Bonchev–Trinajstić information content (AvgIpc) is 2.69. The Balaban J connectivity index is 2.48. The van der Waals surface area contributed by atoms with E-state index < -0.39 is 17.7 Å². The van der Waals surface area contributed by atoms with Crippen LogP contribution in [0, 0.1) is 18.6 Å². The molecular weight excluding hydrogens is 266 g/mol. The fraction of sp³-hybridized carbons (Fsp3) is 0.167. The van der Waals surface area contributed by atoms with Crippen LogP contribution in [-0.2, 0) is 0 Å². The molecule has 0 saturated heterocycles. The first-order valence-corrected chi connectivity index (χ1v) is 6.18. The second kappa shape index (κ2) is 4.72. The summed E-state index contributed by atoms with van der Waals surface area (Å²) in [5.41, 5.74) is 1.72. The van der Waals surface area contributed by atoms with E-state index in [2.05, 4.69) is 0 Å². The number of aliphatic hydroxyl groups excluding tert-OH is 1. The summed E-state index contributed by atoms with van der Waals surface area (Å²) in [6.45, 7) is 1.84. The molecule has 0 spiro atoms. The standard InChI is InChI=1S/C12H9ClF2OS/c1-6-4-17-5-8(6)12(16)7-2-10(14)11(15)3-9(7)13/h2-5,12,16H,1H3. The molecule has 0 bridgehead atoms. The molecule has 0 radical (unpaired) electrons. The molecule has 1 aromatic heterocycles. The van der Waals surface area contributed by atoms with E-state index in [1.165, 1.54) is 11.3 Å². The Labute approximate surface area is 106 Å². The van der Waals surface area contributed by atoms with E-state index in [4.69, 9.17) is 11.6 Å². The van der Waals surface area contributed by atoms with Crippen LogP contribution in [0.4, 0.5) is 8.78 Å². The molecule has 1 heterocycles. The molecule has 90 valence electrons. The summed E-state index contributed by atoms with van der Waals surface area (Å²) in [4.78, 5) is 0. The van der Waals surface area contributed by atoms with Gasteiger partial charge in [0.1, 0.15) is 6.10 Å². The van der Waals surface area contributed by atoms with Crippen LogP contribution in [0.3, 0.4) is 0 Å². The third-order valence-corrected chi connectivity index (χ3v) is 3.73. The van der Waals surface area contributed by atoms with E-state index in [1.54, 1.807) is 5.38 Å². The fourth-order valence-corrected chi connectivity index (χ4v) is 2.69. The molecule has 0 aliphatic rings. The highest BCUT2D eigenvalue weighted by atomic mass is 35.5. The van der Waals surface area contributed by atoms with Crippen LogP contribution in [0.15, 0.2) is 22.9 Å². The van der Waals surface area contributed by atoms with Crippen LogP contribution in [-0.4, -0.2) is 5.11 Å². The van der Waals surface area contributed by atoms with Crippen molar-refractivity contribution in [3.05, 3.63) is 56.2 Å². The number of hydrogen-bond donors (Lipinski definition) is 1. The minimum atomic E-state index is -1.04. The highest BCUT2D eigenvalue weighted by Crippen LogP contribution is 2.32. The maximum absolute atomic E-state index is 13.1. The smallest absolute Gasteiger partial charge is 0.160 e. The number of halogens is 3. The van der Waals surface area contributed by atoms with E-state index in [0.717, 1.165) is 17.7 Å². The predicted molar refractivity (Wildman–Crippen MR) is 64.5 cm³/mol. The van der Waals surface area contributed by atoms with E-state index >= 15 is 0 Å². The summed E-state index contributed by atoms with van der Waals surface area (Å²) >= 11 is 7.23. The van der Waals surface area contributed by atoms with Crippen molar-refractivity contribution in [3.8, 4) is 0 Å². The Morgan fingerprint density at radius 1 is 1.18 bits per heavy atom. The summed E-state index contributed by atoms with van der Waals surface area (Å²) in [6.07, 6.45) is -1.04. The van der Waals surface area contributed by atoms with Crippen molar-refractivity contribution in [2.24, 2.45) is 0 Å². The number of rotatable bonds is 2.